The molecule has 0 amide bonds. The van der Waals surface area contributed by atoms with E-state index < -0.39 is 17.7 Å². The van der Waals surface area contributed by atoms with Gasteiger partial charge in [0.15, 0.2) is 0 Å². The highest BCUT2D eigenvalue weighted by atomic mass is 35.5. The molecular weight excluding hydrogens is 233 g/mol. The van der Waals surface area contributed by atoms with Gasteiger partial charge in [-0.15, -0.1) is 0 Å². The Bertz CT molecular complexity index is 442. The Labute approximate surface area is 97.1 Å². The molecule has 0 saturated carbocycles. The molecule has 1 rings (SSSR count). The predicted molar refractivity (Wildman–Crippen MR) is 56.6 cm³/mol. The second kappa shape index (κ2) is 5.47. The molecule has 16 heavy (non-hydrogen) atoms. The van der Waals surface area contributed by atoms with Crippen LogP contribution in [0.2, 0.25) is 5.02 Å². The number of carboxylic acids is 1. The predicted octanol–water partition coefficient (Wildman–Crippen LogP) is 2.95. The molecule has 84 valence electrons. The van der Waals surface area contributed by atoms with Crippen LogP contribution in [0, 0.1) is 17.1 Å². The fourth-order valence-corrected chi connectivity index (χ4v) is 1.59. The third kappa shape index (κ3) is 3.21. The first-order valence-corrected chi connectivity index (χ1v) is 4.98. The molecule has 1 atom stereocenters. The van der Waals surface area contributed by atoms with E-state index in [9.17, 15) is 9.18 Å². The number of nitrogens with zero attached hydrogens (tertiary/aromatic N) is 1. The summed E-state index contributed by atoms with van der Waals surface area (Å²) in [4.78, 5) is 10.4. The van der Waals surface area contributed by atoms with Crippen LogP contribution in [-0.4, -0.2) is 11.1 Å². The van der Waals surface area contributed by atoms with Gasteiger partial charge in [0.05, 0.1) is 12.0 Å². The summed E-state index contributed by atoms with van der Waals surface area (Å²) >= 11 is 5.82. The van der Waals surface area contributed by atoms with Crippen LogP contribution < -0.4 is 0 Å². The smallest absolute Gasteiger partial charge is 0.303 e. The van der Waals surface area contributed by atoms with Gasteiger partial charge in [0.1, 0.15) is 5.82 Å². The molecule has 5 heteroatoms. The van der Waals surface area contributed by atoms with Gasteiger partial charge in [-0.05, 0) is 30.2 Å². The normalized spacial score (nSPS) is 11.8. The van der Waals surface area contributed by atoms with Crippen LogP contribution >= 0.6 is 11.6 Å². The van der Waals surface area contributed by atoms with Gasteiger partial charge in [-0.1, -0.05) is 11.6 Å². The monoisotopic (exact) mass is 241 g/mol. The molecule has 0 aromatic heterocycles. The Morgan fingerprint density at radius 1 is 1.62 bits per heavy atom. The Kier molecular flexibility index (Phi) is 4.27. The minimum atomic E-state index is -0.993. The van der Waals surface area contributed by atoms with Crippen LogP contribution in [0.15, 0.2) is 18.2 Å². The van der Waals surface area contributed by atoms with Gasteiger partial charge in [0, 0.05) is 11.4 Å². The number of carboxylic acid groups (broad SMARTS) is 1. The maximum absolute atomic E-state index is 13.0. The van der Waals surface area contributed by atoms with Crippen LogP contribution in [0.5, 0.6) is 0 Å². The molecule has 0 aliphatic heterocycles. The third-order valence-corrected chi connectivity index (χ3v) is 2.48. The van der Waals surface area contributed by atoms with Crippen LogP contribution in [-0.2, 0) is 4.79 Å². The van der Waals surface area contributed by atoms with Crippen LogP contribution in [0.3, 0.4) is 0 Å². The second-order valence-electron chi connectivity index (χ2n) is 3.28. The number of hydrogen-bond donors (Lipinski definition) is 1. The zero-order valence-corrected chi connectivity index (χ0v) is 9.04. The lowest BCUT2D eigenvalue weighted by Gasteiger charge is -2.09. The summed E-state index contributed by atoms with van der Waals surface area (Å²) in [6.45, 7) is 0. The molecule has 1 aromatic carbocycles. The molecule has 0 radical (unpaired) electrons. The number of carbonyl (C=O) groups is 1. The summed E-state index contributed by atoms with van der Waals surface area (Å²) in [5.41, 5.74) is 0.338. The second-order valence-corrected chi connectivity index (χ2v) is 3.69. The van der Waals surface area contributed by atoms with E-state index in [-0.39, 0.29) is 17.9 Å². The van der Waals surface area contributed by atoms with Crippen molar-refractivity contribution >= 4 is 17.6 Å². The van der Waals surface area contributed by atoms with E-state index in [1.54, 1.807) is 0 Å². The van der Waals surface area contributed by atoms with Crippen molar-refractivity contribution in [1.29, 1.82) is 5.26 Å². The first kappa shape index (κ1) is 12.5. The summed E-state index contributed by atoms with van der Waals surface area (Å²) in [7, 11) is 0. The molecule has 0 fully saturated rings. The highest BCUT2D eigenvalue weighted by Crippen LogP contribution is 2.28. The zero-order chi connectivity index (χ0) is 12.1. The van der Waals surface area contributed by atoms with E-state index >= 15 is 0 Å². The molecule has 3 nitrogen and oxygen atoms in total. The van der Waals surface area contributed by atoms with E-state index in [4.69, 9.17) is 22.0 Å². The van der Waals surface area contributed by atoms with Gasteiger partial charge in [-0.3, -0.25) is 4.79 Å². The Morgan fingerprint density at radius 2 is 2.31 bits per heavy atom. The lowest BCUT2D eigenvalue weighted by molar-refractivity contribution is -0.137. The van der Waals surface area contributed by atoms with Crippen molar-refractivity contribution in [2.24, 2.45) is 0 Å². The Morgan fingerprint density at radius 3 is 2.88 bits per heavy atom. The number of halogens is 2. The molecule has 0 aliphatic carbocycles. The van der Waals surface area contributed by atoms with Gasteiger partial charge < -0.3 is 5.11 Å². The van der Waals surface area contributed by atoms with Gasteiger partial charge in [-0.2, -0.15) is 5.26 Å². The number of nitriles is 1. The number of benzene rings is 1. The Balaban J connectivity index is 2.91. The zero-order valence-electron chi connectivity index (χ0n) is 8.28. The van der Waals surface area contributed by atoms with Crippen LogP contribution in [0.25, 0.3) is 0 Å². The molecule has 0 heterocycles. The maximum atomic E-state index is 13.0. The standard InChI is InChI=1S/C11H9ClFNO2/c12-10-3-2-8(13)5-9(10)7(6-14)1-4-11(15)16/h2-3,5,7H,1,4H2,(H,15,16). The lowest BCUT2D eigenvalue weighted by atomic mass is 9.95. The summed E-state index contributed by atoms with van der Waals surface area (Å²) in [6, 6.07) is 5.64. The summed E-state index contributed by atoms with van der Waals surface area (Å²) in [6.07, 6.45) is -0.0277. The van der Waals surface area contributed by atoms with Crippen molar-refractivity contribution in [3.05, 3.63) is 34.6 Å². The van der Waals surface area contributed by atoms with E-state index in [2.05, 4.69) is 0 Å². The first-order valence-electron chi connectivity index (χ1n) is 4.61. The first-order chi connectivity index (χ1) is 7.54. The quantitative estimate of drug-likeness (QED) is 0.882. The number of rotatable bonds is 4. The van der Waals surface area contributed by atoms with Crippen molar-refractivity contribution < 1.29 is 14.3 Å². The average molecular weight is 242 g/mol. The number of aliphatic carboxylic acids is 1. The summed E-state index contributed by atoms with van der Waals surface area (Å²) in [5.74, 6) is -2.18. The lowest BCUT2D eigenvalue weighted by Crippen LogP contribution is -2.02. The molecule has 0 spiro atoms. The van der Waals surface area contributed by atoms with Crippen molar-refractivity contribution in [3.8, 4) is 6.07 Å². The molecule has 1 aromatic rings. The number of hydrogen-bond acceptors (Lipinski definition) is 2. The molecule has 0 aliphatic rings. The largest absolute Gasteiger partial charge is 0.481 e. The van der Waals surface area contributed by atoms with Crippen molar-refractivity contribution in [2.45, 2.75) is 18.8 Å². The highest BCUT2D eigenvalue weighted by molar-refractivity contribution is 6.31. The van der Waals surface area contributed by atoms with Gasteiger partial charge in [-0.25, -0.2) is 4.39 Å². The van der Waals surface area contributed by atoms with Gasteiger partial charge in [0.25, 0.3) is 0 Å². The minimum absolute atomic E-state index is 0.120. The molecular formula is C11H9ClFNO2. The van der Waals surface area contributed by atoms with Crippen molar-refractivity contribution in [1.82, 2.24) is 0 Å². The average Bonchev–Trinajstić information content (AvgIpc) is 2.23. The fraction of sp³-hybridized carbons (Fsp3) is 0.273. The van der Waals surface area contributed by atoms with E-state index in [1.807, 2.05) is 6.07 Å². The molecule has 0 bridgehead atoms. The van der Waals surface area contributed by atoms with Gasteiger partial charge in [0.2, 0.25) is 0 Å². The van der Waals surface area contributed by atoms with Crippen LogP contribution in [0.4, 0.5) is 4.39 Å². The highest BCUT2D eigenvalue weighted by Gasteiger charge is 2.16. The molecule has 1 unspecified atom stereocenters. The van der Waals surface area contributed by atoms with E-state index in [0.29, 0.717) is 5.56 Å². The molecule has 1 N–H and O–H groups in total. The minimum Gasteiger partial charge on any atom is -0.481 e. The van der Waals surface area contributed by atoms with Crippen LogP contribution in [0.1, 0.15) is 24.3 Å². The maximum Gasteiger partial charge on any atom is 0.303 e. The third-order valence-electron chi connectivity index (χ3n) is 2.14. The van der Waals surface area contributed by atoms with Crippen molar-refractivity contribution in [2.75, 3.05) is 0 Å². The van der Waals surface area contributed by atoms with E-state index in [1.165, 1.54) is 12.1 Å². The summed E-state index contributed by atoms with van der Waals surface area (Å²) in [5, 5.41) is 17.7. The van der Waals surface area contributed by atoms with Gasteiger partial charge >= 0.3 is 5.97 Å². The van der Waals surface area contributed by atoms with E-state index in [0.717, 1.165) is 6.07 Å². The summed E-state index contributed by atoms with van der Waals surface area (Å²) < 4.78 is 13.0. The molecule has 0 saturated heterocycles. The Hall–Kier alpha value is -1.60. The topological polar surface area (TPSA) is 61.1 Å². The SMILES string of the molecule is N#CC(CCC(=O)O)c1cc(F)ccc1Cl. The fourth-order valence-electron chi connectivity index (χ4n) is 1.34. The van der Waals surface area contributed by atoms with Crippen molar-refractivity contribution in [3.63, 3.8) is 0 Å².